The predicted molar refractivity (Wildman–Crippen MR) is 69.9 cm³/mol. The minimum atomic E-state index is -0.0401. The van der Waals surface area contributed by atoms with Gasteiger partial charge in [-0.05, 0) is 36.1 Å². The van der Waals surface area contributed by atoms with E-state index in [1.54, 1.807) is 25.3 Å². The molecule has 2 aromatic rings. The fourth-order valence-corrected chi connectivity index (χ4v) is 2.44. The highest BCUT2D eigenvalue weighted by molar-refractivity contribution is 7.12. The third kappa shape index (κ3) is 2.17. The minimum Gasteiger partial charge on any atom is -0.495 e. The SMILES string of the molecule is COc1ccsc1C(=O)c1cc(N)ccc1C. The van der Waals surface area contributed by atoms with Crippen molar-refractivity contribution in [3.05, 3.63) is 45.6 Å². The van der Waals surface area contributed by atoms with Crippen LogP contribution in [-0.4, -0.2) is 12.9 Å². The summed E-state index contributed by atoms with van der Waals surface area (Å²) >= 11 is 1.38. The molecular formula is C13H13NO2S. The Kier molecular flexibility index (Phi) is 3.15. The lowest BCUT2D eigenvalue weighted by molar-refractivity contribution is 0.103. The van der Waals surface area contributed by atoms with Crippen molar-refractivity contribution in [2.75, 3.05) is 12.8 Å². The molecule has 2 N–H and O–H groups in total. The number of anilines is 1. The monoisotopic (exact) mass is 247 g/mol. The summed E-state index contributed by atoms with van der Waals surface area (Å²) in [6.45, 7) is 1.90. The second-order valence-corrected chi connectivity index (χ2v) is 4.64. The van der Waals surface area contributed by atoms with Gasteiger partial charge in [0.25, 0.3) is 0 Å². The van der Waals surface area contributed by atoms with Crippen LogP contribution in [0.2, 0.25) is 0 Å². The summed E-state index contributed by atoms with van der Waals surface area (Å²) in [6, 6.07) is 7.14. The van der Waals surface area contributed by atoms with E-state index < -0.39 is 0 Å². The maximum Gasteiger partial charge on any atom is 0.207 e. The smallest absolute Gasteiger partial charge is 0.207 e. The molecular weight excluding hydrogens is 234 g/mol. The maximum absolute atomic E-state index is 12.3. The Balaban J connectivity index is 2.47. The average molecular weight is 247 g/mol. The van der Waals surface area contributed by atoms with E-state index in [-0.39, 0.29) is 5.78 Å². The highest BCUT2D eigenvalue weighted by Gasteiger charge is 2.17. The van der Waals surface area contributed by atoms with Gasteiger partial charge in [-0.15, -0.1) is 11.3 Å². The number of ether oxygens (including phenoxy) is 1. The molecule has 0 unspecified atom stereocenters. The van der Waals surface area contributed by atoms with Crippen LogP contribution in [0.25, 0.3) is 0 Å². The van der Waals surface area contributed by atoms with Gasteiger partial charge in [0.15, 0.2) is 0 Å². The Bertz CT molecular complexity index is 560. The van der Waals surface area contributed by atoms with Crippen molar-refractivity contribution in [2.24, 2.45) is 0 Å². The number of methoxy groups -OCH3 is 1. The Labute approximate surface area is 104 Å². The molecule has 0 aliphatic rings. The minimum absolute atomic E-state index is 0.0401. The van der Waals surface area contributed by atoms with Crippen LogP contribution >= 0.6 is 11.3 Å². The van der Waals surface area contributed by atoms with Crippen LogP contribution in [0.3, 0.4) is 0 Å². The van der Waals surface area contributed by atoms with E-state index in [1.165, 1.54) is 11.3 Å². The number of nitrogen functional groups attached to an aromatic ring is 1. The molecule has 2 rings (SSSR count). The zero-order valence-corrected chi connectivity index (χ0v) is 10.5. The van der Waals surface area contributed by atoms with Crippen molar-refractivity contribution in [1.29, 1.82) is 0 Å². The number of benzene rings is 1. The number of hydrogen-bond donors (Lipinski definition) is 1. The number of rotatable bonds is 3. The second kappa shape index (κ2) is 4.59. The van der Waals surface area contributed by atoms with Crippen LogP contribution in [0, 0.1) is 6.92 Å². The predicted octanol–water partition coefficient (Wildman–Crippen LogP) is 2.88. The largest absolute Gasteiger partial charge is 0.495 e. The van der Waals surface area contributed by atoms with Crippen molar-refractivity contribution in [3.63, 3.8) is 0 Å². The number of hydrogen-bond acceptors (Lipinski definition) is 4. The lowest BCUT2D eigenvalue weighted by Gasteiger charge is -2.06. The Morgan fingerprint density at radius 1 is 1.35 bits per heavy atom. The summed E-state index contributed by atoms with van der Waals surface area (Å²) in [6.07, 6.45) is 0. The first-order chi connectivity index (χ1) is 8.13. The maximum atomic E-state index is 12.3. The van der Waals surface area contributed by atoms with Crippen LogP contribution in [0.1, 0.15) is 20.8 Å². The van der Waals surface area contributed by atoms with Crippen molar-refractivity contribution in [3.8, 4) is 5.75 Å². The van der Waals surface area contributed by atoms with Crippen molar-refractivity contribution < 1.29 is 9.53 Å². The Morgan fingerprint density at radius 2 is 2.12 bits per heavy atom. The molecule has 0 spiro atoms. The molecule has 0 amide bonds. The highest BCUT2D eigenvalue weighted by atomic mass is 32.1. The molecule has 4 heteroatoms. The van der Waals surface area contributed by atoms with Gasteiger partial charge in [-0.3, -0.25) is 4.79 Å². The molecule has 0 radical (unpaired) electrons. The van der Waals surface area contributed by atoms with Crippen LogP contribution in [0.15, 0.2) is 29.6 Å². The van der Waals surface area contributed by atoms with Crippen LogP contribution in [0.5, 0.6) is 5.75 Å². The van der Waals surface area contributed by atoms with E-state index in [1.807, 2.05) is 18.4 Å². The van der Waals surface area contributed by atoms with Gasteiger partial charge in [0.2, 0.25) is 5.78 Å². The number of aryl methyl sites for hydroxylation is 1. The van der Waals surface area contributed by atoms with Gasteiger partial charge in [0.1, 0.15) is 10.6 Å². The third-order valence-corrected chi connectivity index (χ3v) is 3.46. The Morgan fingerprint density at radius 3 is 2.82 bits per heavy atom. The van der Waals surface area contributed by atoms with Crippen molar-refractivity contribution in [1.82, 2.24) is 0 Å². The number of carbonyl (C=O) groups is 1. The highest BCUT2D eigenvalue weighted by Crippen LogP contribution is 2.28. The average Bonchev–Trinajstić information content (AvgIpc) is 2.79. The second-order valence-electron chi connectivity index (χ2n) is 3.72. The molecule has 0 fully saturated rings. The lowest BCUT2D eigenvalue weighted by Crippen LogP contribution is -2.04. The first-order valence-corrected chi connectivity index (χ1v) is 6.03. The normalized spacial score (nSPS) is 10.2. The molecule has 0 aliphatic carbocycles. The molecule has 0 atom stereocenters. The van der Waals surface area contributed by atoms with Crippen LogP contribution in [-0.2, 0) is 0 Å². The summed E-state index contributed by atoms with van der Waals surface area (Å²) in [5.74, 6) is 0.573. The fraction of sp³-hybridized carbons (Fsp3) is 0.154. The molecule has 88 valence electrons. The number of thiophene rings is 1. The van der Waals surface area contributed by atoms with E-state index in [9.17, 15) is 4.79 Å². The van der Waals surface area contributed by atoms with E-state index in [4.69, 9.17) is 10.5 Å². The fourth-order valence-electron chi connectivity index (χ4n) is 1.63. The number of ketones is 1. The first kappa shape index (κ1) is 11.7. The van der Waals surface area contributed by atoms with Crippen molar-refractivity contribution in [2.45, 2.75) is 6.92 Å². The third-order valence-electron chi connectivity index (χ3n) is 2.56. The molecule has 0 saturated carbocycles. The standard InChI is InChI=1S/C13H13NO2S/c1-8-3-4-9(14)7-10(8)12(15)13-11(16-2)5-6-17-13/h3-7H,14H2,1-2H3. The van der Waals surface area contributed by atoms with E-state index in [2.05, 4.69) is 0 Å². The summed E-state index contributed by atoms with van der Waals surface area (Å²) in [5.41, 5.74) is 7.85. The molecule has 1 aromatic carbocycles. The summed E-state index contributed by atoms with van der Waals surface area (Å²) in [4.78, 5) is 12.9. The zero-order valence-electron chi connectivity index (χ0n) is 9.69. The van der Waals surface area contributed by atoms with Gasteiger partial charge >= 0.3 is 0 Å². The molecule has 0 aliphatic heterocycles. The number of nitrogens with two attached hydrogens (primary N) is 1. The molecule has 1 heterocycles. The summed E-state index contributed by atoms with van der Waals surface area (Å²) in [5, 5.41) is 1.84. The van der Waals surface area contributed by atoms with Crippen LogP contribution in [0.4, 0.5) is 5.69 Å². The van der Waals surface area contributed by atoms with Crippen molar-refractivity contribution >= 4 is 22.8 Å². The summed E-state index contributed by atoms with van der Waals surface area (Å²) in [7, 11) is 1.56. The molecule has 3 nitrogen and oxygen atoms in total. The van der Waals surface area contributed by atoms with Gasteiger partial charge < -0.3 is 10.5 Å². The van der Waals surface area contributed by atoms with E-state index in [0.717, 1.165) is 5.56 Å². The Hall–Kier alpha value is -1.81. The molecule has 0 bridgehead atoms. The van der Waals surface area contributed by atoms with Gasteiger partial charge in [-0.25, -0.2) is 0 Å². The van der Waals surface area contributed by atoms with Gasteiger partial charge in [-0.1, -0.05) is 6.07 Å². The van der Waals surface area contributed by atoms with Gasteiger partial charge in [0, 0.05) is 11.3 Å². The van der Waals surface area contributed by atoms with E-state index in [0.29, 0.717) is 21.9 Å². The quantitative estimate of drug-likeness (QED) is 0.670. The molecule has 0 saturated heterocycles. The van der Waals surface area contributed by atoms with Crippen LogP contribution < -0.4 is 10.5 Å². The van der Waals surface area contributed by atoms with Gasteiger partial charge in [-0.2, -0.15) is 0 Å². The number of carbonyl (C=O) groups excluding carboxylic acids is 1. The molecule has 1 aromatic heterocycles. The topological polar surface area (TPSA) is 52.3 Å². The summed E-state index contributed by atoms with van der Waals surface area (Å²) < 4.78 is 5.16. The molecule has 17 heavy (non-hydrogen) atoms. The zero-order chi connectivity index (χ0) is 12.4. The first-order valence-electron chi connectivity index (χ1n) is 5.16. The lowest BCUT2D eigenvalue weighted by atomic mass is 10.0. The van der Waals surface area contributed by atoms with Gasteiger partial charge in [0.05, 0.1) is 7.11 Å². The van der Waals surface area contributed by atoms with E-state index >= 15 is 0 Å².